The summed E-state index contributed by atoms with van der Waals surface area (Å²) in [6.07, 6.45) is -3.52. The fourth-order valence-corrected chi connectivity index (χ4v) is 3.54. The normalized spacial score (nSPS) is 17.4. The molecule has 0 amide bonds. The van der Waals surface area contributed by atoms with Crippen molar-refractivity contribution in [1.29, 1.82) is 0 Å². The molecule has 1 aromatic heterocycles. The molecule has 7 nitrogen and oxygen atoms in total. The molecule has 0 aliphatic carbocycles. The number of nitrogens with one attached hydrogen (secondary N) is 1. The molecule has 3 rings (SSSR count). The van der Waals surface area contributed by atoms with Crippen LogP contribution in [-0.4, -0.2) is 56.4 Å². The topological polar surface area (TPSA) is 77.3 Å². The van der Waals surface area contributed by atoms with Crippen molar-refractivity contribution in [3.63, 3.8) is 0 Å². The van der Waals surface area contributed by atoms with Crippen LogP contribution < -0.4 is 10.1 Å². The van der Waals surface area contributed by atoms with Gasteiger partial charge in [-0.1, -0.05) is 20.8 Å². The van der Waals surface area contributed by atoms with E-state index in [4.69, 9.17) is 19.2 Å². The summed E-state index contributed by atoms with van der Waals surface area (Å²) in [5, 5.41) is 11.5. The standard InChI is InChI=1S/C23H29F3N4O3/c1-14-8-19(21(30-27-5)33-13-28-15-6-7-31-11-15)29-20-17(14)9-16(32-12-23(24,25)26)10-18(20)22(2,3)4/h8-10,15,28H,5-7,11-13H2,1-4H3/b30-21-. The van der Waals surface area contributed by atoms with Gasteiger partial charge in [-0.2, -0.15) is 18.3 Å². The number of halogens is 3. The largest absolute Gasteiger partial charge is 0.484 e. The van der Waals surface area contributed by atoms with E-state index in [0.717, 1.165) is 17.5 Å². The first-order valence-electron chi connectivity index (χ1n) is 10.6. The summed E-state index contributed by atoms with van der Waals surface area (Å²) in [7, 11) is 0. The maximum Gasteiger partial charge on any atom is 0.422 e. The number of hydrogen-bond acceptors (Lipinski definition) is 7. The van der Waals surface area contributed by atoms with Gasteiger partial charge >= 0.3 is 6.18 Å². The van der Waals surface area contributed by atoms with Gasteiger partial charge < -0.3 is 14.2 Å². The first kappa shape index (κ1) is 24.9. The SMILES string of the molecule is C=N/N=C(\OCNC1CCOC1)c1cc(C)c2cc(OCC(F)(F)F)cc(C(C)(C)C)c2n1. The molecule has 0 bridgehead atoms. The van der Waals surface area contributed by atoms with Gasteiger partial charge in [-0.3, -0.25) is 5.32 Å². The predicted molar refractivity (Wildman–Crippen MR) is 121 cm³/mol. The summed E-state index contributed by atoms with van der Waals surface area (Å²) >= 11 is 0. The van der Waals surface area contributed by atoms with Crippen LogP contribution in [0.25, 0.3) is 10.9 Å². The van der Waals surface area contributed by atoms with E-state index in [2.05, 4.69) is 22.2 Å². The Morgan fingerprint density at radius 1 is 1.27 bits per heavy atom. The van der Waals surface area contributed by atoms with E-state index in [1.807, 2.05) is 27.7 Å². The van der Waals surface area contributed by atoms with Gasteiger partial charge in [0.25, 0.3) is 5.90 Å². The molecule has 1 aromatic carbocycles. The molecule has 1 N–H and O–H groups in total. The molecule has 1 aliphatic rings. The van der Waals surface area contributed by atoms with Crippen LogP contribution in [-0.2, 0) is 14.9 Å². The quantitative estimate of drug-likeness (QED) is 0.282. The Hall–Kier alpha value is -2.72. The predicted octanol–water partition coefficient (Wildman–Crippen LogP) is 4.50. The highest BCUT2D eigenvalue weighted by molar-refractivity contribution is 5.97. The van der Waals surface area contributed by atoms with Gasteiger partial charge in [0.05, 0.1) is 12.1 Å². The summed E-state index contributed by atoms with van der Waals surface area (Å²) in [4.78, 5) is 4.75. The molecule has 0 saturated carbocycles. The molecule has 33 heavy (non-hydrogen) atoms. The van der Waals surface area contributed by atoms with E-state index >= 15 is 0 Å². The number of rotatable bonds is 7. The van der Waals surface area contributed by atoms with Gasteiger partial charge in [0.15, 0.2) is 6.61 Å². The second kappa shape index (κ2) is 10.0. The Balaban J connectivity index is 1.97. The van der Waals surface area contributed by atoms with E-state index < -0.39 is 18.2 Å². The third-order valence-electron chi connectivity index (χ3n) is 5.20. The van der Waals surface area contributed by atoms with Gasteiger partial charge in [-0.15, -0.1) is 5.10 Å². The van der Waals surface area contributed by atoms with Crippen molar-refractivity contribution < 1.29 is 27.4 Å². The number of pyridine rings is 1. The van der Waals surface area contributed by atoms with Crippen molar-refractivity contribution in [2.45, 2.75) is 51.7 Å². The molecule has 10 heteroatoms. The molecule has 1 unspecified atom stereocenters. The Morgan fingerprint density at radius 2 is 2.03 bits per heavy atom. The molecule has 1 aliphatic heterocycles. The summed E-state index contributed by atoms with van der Waals surface area (Å²) in [5.74, 6) is 0.335. The van der Waals surface area contributed by atoms with Gasteiger partial charge in [-0.25, -0.2) is 4.98 Å². The highest BCUT2D eigenvalue weighted by atomic mass is 19.4. The van der Waals surface area contributed by atoms with E-state index in [1.165, 1.54) is 0 Å². The minimum absolute atomic E-state index is 0.142. The number of ether oxygens (including phenoxy) is 3. The number of benzene rings is 1. The number of nitrogens with zero attached hydrogens (tertiary/aromatic N) is 3. The van der Waals surface area contributed by atoms with Crippen LogP contribution in [0.15, 0.2) is 28.4 Å². The van der Waals surface area contributed by atoms with Crippen LogP contribution in [0.3, 0.4) is 0 Å². The Bertz CT molecular complexity index is 1030. The molecule has 2 aromatic rings. The van der Waals surface area contributed by atoms with Crippen molar-refractivity contribution in [1.82, 2.24) is 10.3 Å². The minimum atomic E-state index is -4.42. The zero-order valence-corrected chi connectivity index (χ0v) is 19.3. The first-order valence-corrected chi connectivity index (χ1v) is 10.6. The Kier molecular flexibility index (Phi) is 7.58. The van der Waals surface area contributed by atoms with E-state index in [0.29, 0.717) is 29.8 Å². The monoisotopic (exact) mass is 466 g/mol. The fraction of sp³-hybridized carbons (Fsp3) is 0.522. The molecule has 0 spiro atoms. The lowest BCUT2D eigenvalue weighted by Crippen LogP contribution is -2.32. The van der Waals surface area contributed by atoms with E-state index in [1.54, 1.807) is 18.2 Å². The number of fused-ring (bicyclic) bond motifs is 1. The molecule has 0 radical (unpaired) electrons. The van der Waals surface area contributed by atoms with Crippen LogP contribution >= 0.6 is 0 Å². The van der Waals surface area contributed by atoms with Crippen LogP contribution in [0.4, 0.5) is 13.2 Å². The molecular weight excluding hydrogens is 437 g/mol. The average Bonchev–Trinajstić information content (AvgIpc) is 3.23. The highest BCUT2D eigenvalue weighted by Gasteiger charge is 2.29. The summed E-state index contributed by atoms with van der Waals surface area (Å²) in [6.45, 7) is 11.3. The lowest BCUT2D eigenvalue weighted by Gasteiger charge is -2.23. The maximum atomic E-state index is 12.7. The van der Waals surface area contributed by atoms with Crippen LogP contribution in [0.1, 0.15) is 44.0 Å². The van der Waals surface area contributed by atoms with Crippen molar-refractivity contribution in [2.24, 2.45) is 10.2 Å². The number of aromatic nitrogens is 1. The van der Waals surface area contributed by atoms with Gasteiger partial charge in [0, 0.05) is 24.8 Å². The minimum Gasteiger partial charge on any atom is -0.484 e. The fourth-order valence-electron chi connectivity index (χ4n) is 3.54. The Labute approximate surface area is 191 Å². The van der Waals surface area contributed by atoms with E-state index in [-0.39, 0.29) is 24.4 Å². The maximum absolute atomic E-state index is 12.7. The van der Waals surface area contributed by atoms with Crippen molar-refractivity contribution in [2.75, 3.05) is 26.6 Å². The molecule has 180 valence electrons. The zero-order chi connectivity index (χ0) is 24.2. The van der Waals surface area contributed by atoms with Crippen LogP contribution in [0, 0.1) is 6.92 Å². The molecule has 1 atom stereocenters. The third kappa shape index (κ3) is 6.64. The smallest absolute Gasteiger partial charge is 0.422 e. The Morgan fingerprint density at radius 3 is 2.64 bits per heavy atom. The van der Waals surface area contributed by atoms with Crippen molar-refractivity contribution in [3.05, 3.63) is 35.0 Å². The lowest BCUT2D eigenvalue weighted by atomic mass is 9.84. The second-order valence-corrected chi connectivity index (χ2v) is 8.95. The number of hydrogen-bond donors (Lipinski definition) is 1. The summed E-state index contributed by atoms with van der Waals surface area (Å²) < 4.78 is 54.3. The van der Waals surface area contributed by atoms with E-state index in [9.17, 15) is 13.2 Å². The van der Waals surface area contributed by atoms with Crippen LogP contribution in [0.5, 0.6) is 5.75 Å². The highest BCUT2D eigenvalue weighted by Crippen LogP contribution is 2.35. The second-order valence-electron chi connectivity index (χ2n) is 8.95. The van der Waals surface area contributed by atoms with Crippen LogP contribution in [0.2, 0.25) is 0 Å². The van der Waals surface area contributed by atoms with Gasteiger partial charge in [0.1, 0.15) is 18.2 Å². The molecule has 1 saturated heterocycles. The van der Waals surface area contributed by atoms with Crippen molar-refractivity contribution >= 4 is 23.5 Å². The average molecular weight is 467 g/mol. The molecule has 1 fully saturated rings. The lowest BCUT2D eigenvalue weighted by molar-refractivity contribution is -0.153. The molecule has 2 heterocycles. The number of aryl methyl sites for hydroxylation is 1. The zero-order valence-electron chi connectivity index (χ0n) is 19.3. The van der Waals surface area contributed by atoms with Gasteiger partial charge in [0.2, 0.25) is 0 Å². The summed E-state index contributed by atoms with van der Waals surface area (Å²) in [6, 6.07) is 5.14. The first-order chi connectivity index (χ1) is 15.5. The van der Waals surface area contributed by atoms with Gasteiger partial charge in [-0.05, 0) is 48.1 Å². The van der Waals surface area contributed by atoms with Crippen molar-refractivity contribution in [3.8, 4) is 5.75 Å². The summed E-state index contributed by atoms with van der Waals surface area (Å²) in [5.41, 5.74) is 2.21. The number of alkyl halides is 3. The molecular formula is C23H29F3N4O3. The third-order valence-corrected chi connectivity index (χ3v) is 5.20.